The molecule has 0 aliphatic carbocycles. The van der Waals surface area contributed by atoms with E-state index in [2.05, 4.69) is 46.4 Å². The highest BCUT2D eigenvalue weighted by molar-refractivity contribution is 9.10. The maximum absolute atomic E-state index is 8.90. The molecule has 0 aliphatic rings. The van der Waals surface area contributed by atoms with E-state index in [1.54, 1.807) is 0 Å². The standard InChI is InChI=1S/C12H15BrN2/c1-4-10(7-14)15-12-9(3)5-8(2)6-11(12)13/h5-6,10,15H,4H2,1-3H3. The largest absolute Gasteiger partial charge is 0.369 e. The van der Waals surface area contributed by atoms with Gasteiger partial charge in [0.05, 0.1) is 11.8 Å². The molecule has 1 aromatic carbocycles. The molecule has 1 aromatic rings. The quantitative estimate of drug-likeness (QED) is 0.904. The van der Waals surface area contributed by atoms with Crippen molar-refractivity contribution in [3.05, 3.63) is 27.7 Å². The summed E-state index contributed by atoms with van der Waals surface area (Å²) in [4.78, 5) is 0. The van der Waals surface area contributed by atoms with E-state index < -0.39 is 0 Å². The van der Waals surface area contributed by atoms with Gasteiger partial charge in [0, 0.05) is 4.47 Å². The number of nitriles is 1. The zero-order chi connectivity index (χ0) is 11.4. The minimum absolute atomic E-state index is 0.122. The molecule has 0 amide bonds. The van der Waals surface area contributed by atoms with Gasteiger partial charge in [-0.1, -0.05) is 13.0 Å². The van der Waals surface area contributed by atoms with E-state index >= 15 is 0 Å². The van der Waals surface area contributed by atoms with E-state index in [1.165, 1.54) is 5.56 Å². The molecule has 15 heavy (non-hydrogen) atoms. The molecular weight excluding hydrogens is 252 g/mol. The highest BCUT2D eigenvalue weighted by Gasteiger charge is 2.09. The Hall–Kier alpha value is -1.01. The monoisotopic (exact) mass is 266 g/mol. The van der Waals surface area contributed by atoms with Gasteiger partial charge in [0.15, 0.2) is 0 Å². The number of hydrogen-bond donors (Lipinski definition) is 1. The molecule has 0 heterocycles. The molecule has 0 aliphatic heterocycles. The Balaban J connectivity index is 3.00. The van der Waals surface area contributed by atoms with Crippen molar-refractivity contribution in [3.8, 4) is 6.07 Å². The van der Waals surface area contributed by atoms with Crippen LogP contribution in [0.3, 0.4) is 0 Å². The summed E-state index contributed by atoms with van der Waals surface area (Å²) in [5.41, 5.74) is 3.40. The second-order valence-corrected chi connectivity index (χ2v) is 4.53. The first kappa shape index (κ1) is 12.1. The summed E-state index contributed by atoms with van der Waals surface area (Å²) in [7, 11) is 0. The predicted molar refractivity (Wildman–Crippen MR) is 66.9 cm³/mol. The summed E-state index contributed by atoms with van der Waals surface area (Å²) in [6.07, 6.45) is 0.802. The molecule has 0 radical (unpaired) electrons. The lowest BCUT2D eigenvalue weighted by atomic mass is 10.1. The van der Waals surface area contributed by atoms with Crippen molar-refractivity contribution in [1.82, 2.24) is 0 Å². The maximum atomic E-state index is 8.90. The van der Waals surface area contributed by atoms with Crippen molar-refractivity contribution in [3.63, 3.8) is 0 Å². The number of halogens is 1. The summed E-state index contributed by atoms with van der Waals surface area (Å²) in [5.74, 6) is 0. The van der Waals surface area contributed by atoms with Crippen molar-refractivity contribution in [1.29, 1.82) is 5.26 Å². The summed E-state index contributed by atoms with van der Waals surface area (Å²) >= 11 is 3.51. The number of nitrogens with one attached hydrogen (secondary N) is 1. The number of hydrogen-bond acceptors (Lipinski definition) is 2. The van der Waals surface area contributed by atoms with Crippen molar-refractivity contribution in [2.75, 3.05) is 5.32 Å². The van der Waals surface area contributed by atoms with Gasteiger partial charge in [0.25, 0.3) is 0 Å². The Morgan fingerprint density at radius 1 is 1.47 bits per heavy atom. The number of benzene rings is 1. The number of aryl methyl sites for hydroxylation is 2. The molecule has 3 heteroatoms. The Morgan fingerprint density at radius 2 is 2.13 bits per heavy atom. The molecule has 80 valence electrons. The fourth-order valence-electron chi connectivity index (χ4n) is 1.50. The molecule has 0 saturated carbocycles. The van der Waals surface area contributed by atoms with Crippen LogP contribution in [-0.4, -0.2) is 6.04 Å². The normalized spacial score (nSPS) is 11.9. The van der Waals surface area contributed by atoms with Crippen molar-refractivity contribution in [2.24, 2.45) is 0 Å². The average Bonchev–Trinajstić information content (AvgIpc) is 2.17. The van der Waals surface area contributed by atoms with Gasteiger partial charge in [-0.25, -0.2) is 0 Å². The van der Waals surface area contributed by atoms with E-state index in [-0.39, 0.29) is 6.04 Å². The van der Waals surface area contributed by atoms with Gasteiger partial charge in [-0.2, -0.15) is 5.26 Å². The minimum Gasteiger partial charge on any atom is -0.369 e. The molecule has 1 unspecified atom stereocenters. The molecule has 0 bridgehead atoms. The summed E-state index contributed by atoms with van der Waals surface area (Å²) in [6, 6.07) is 6.28. The van der Waals surface area contributed by atoms with Crippen molar-refractivity contribution in [2.45, 2.75) is 33.2 Å². The number of rotatable bonds is 3. The van der Waals surface area contributed by atoms with Crippen LogP contribution >= 0.6 is 15.9 Å². The lowest BCUT2D eigenvalue weighted by Crippen LogP contribution is -2.16. The van der Waals surface area contributed by atoms with Crippen LogP contribution in [0.1, 0.15) is 24.5 Å². The van der Waals surface area contributed by atoms with Gasteiger partial charge in [-0.15, -0.1) is 0 Å². The van der Waals surface area contributed by atoms with Gasteiger partial charge in [0.1, 0.15) is 6.04 Å². The van der Waals surface area contributed by atoms with E-state index in [0.29, 0.717) is 0 Å². The third-order valence-corrected chi connectivity index (χ3v) is 2.94. The van der Waals surface area contributed by atoms with E-state index in [0.717, 1.165) is 22.1 Å². The Kier molecular flexibility index (Phi) is 4.16. The first-order valence-electron chi connectivity index (χ1n) is 5.01. The van der Waals surface area contributed by atoms with Gasteiger partial charge < -0.3 is 5.32 Å². The summed E-state index contributed by atoms with van der Waals surface area (Å²) in [5, 5.41) is 12.1. The third-order valence-electron chi connectivity index (χ3n) is 2.31. The smallest absolute Gasteiger partial charge is 0.114 e. The molecule has 1 rings (SSSR count). The predicted octanol–water partition coefficient (Wildman–Crippen LogP) is 3.78. The Morgan fingerprint density at radius 3 is 2.60 bits per heavy atom. The lowest BCUT2D eigenvalue weighted by Gasteiger charge is -2.15. The zero-order valence-electron chi connectivity index (χ0n) is 9.26. The van der Waals surface area contributed by atoms with Crippen LogP contribution < -0.4 is 5.32 Å². The van der Waals surface area contributed by atoms with Gasteiger partial charge in [-0.05, 0) is 53.4 Å². The second-order valence-electron chi connectivity index (χ2n) is 3.67. The molecule has 2 nitrogen and oxygen atoms in total. The summed E-state index contributed by atoms with van der Waals surface area (Å²) in [6.45, 7) is 6.10. The van der Waals surface area contributed by atoms with Crippen LogP contribution in [0.5, 0.6) is 0 Å². The van der Waals surface area contributed by atoms with Crippen molar-refractivity contribution < 1.29 is 0 Å². The van der Waals surface area contributed by atoms with Crippen LogP contribution in [0, 0.1) is 25.2 Å². The fraction of sp³-hybridized carbons (Fsp3) is 0.417. The maximum Gasteiger partial charge on any atom is 0.114 e. The van der Waals surface area contributed by atoms with Crippen LogP contribution in [0.15, 0.2) is 16.6 Å². The Bertz CT molecular complexity index is 370. The summed E-state index contributed by atoms with van der Waals surface area (Å²) < 4.78 is 1.02. The molecular formula is C12H15BrN2. The van der Waals surface area contributed by atoms with E-state index in [9.17, 15) is 0 Å². The van der Waals surface area contributed by atoms with Crippen LogP contribution in [0.25, 0.3) is 0 Å². The fourth-order valence-corrected chi connectivity index (χ4v) is 2.29. The molecule has 1 atom stereocenters. The molecule has 0 aromatic heterocycles. The third kappa shape index (κ3) is 2.97. The van der Waals surface area contributed by atoms with E-state index in [4.69, 9.17) is 5.26 Å². The van der Waals surface area contributed by atoms with Gasteiger partial charge in [-0.3, -0.25) is 0 Å². The van der Waals surface area contributed by atoms with Gasteiger partial charge in [0.2, 0.25) is 0 Å². The lowest BCUT2D eigenvalue weighted by molar-refractivity contribution is 0.843. The van der Waals surface area contributed by atoms with Crippen LogP contribution in [-0.2, 0) is 0 Å². The van der Waals surface area contributed by atoms with Crippen LogP contribution in [0.2, 0.25) is 0 Å². The molecule has 0 saturated heterocycles. The molecule has 1 N–H and O–H groups in total. The number of nitrogens with zero attached hydrogens (tertiary/aromatic N) is 1. The van der Waals surface area contributed by atoms with Crippen molar-refractivity contribution >= 4 is 21.6 Å². The highest BCUT2D eigenvalue weighted by Crippen LogP contribution is 2.28. The van der Waals surface area contributed by atoms with Gasteiger partial charge >= 0.3 is 0 Å². The zero-order valence-corrected chi connectivity index (χ0v) is 10.9. The molecule has 0 fully saturated rings. The Labute approximate surface area is 99.4 Å². The van der Waals surface area contributed by atoms with Crippen LogP contribution in [0.4, 0.5) is 5.69 Å². The minimum atomic E-state index is -0.122. The first-order valence-corrected chi connectivity index (χ1v) is 5.80. The highest BCUT2D eigenvalue weighted by atomic mass is 79.9. The SMILES string of the molecule is CCC(C#N)Nc1c(C)cc(C)cc1Br. The average molecular weight is 267 g/mol. The number of anilines is 1. The first-order chi connectivity index (χ1) is 7.08. The van der Waals surface area contributed by atoms with E-state index in [1.807, 2.05) is 13.8 Å². The molecule has 0 spiro atoms. The second kappa shape index (κ2) is 5.18. The topological polar surface area (TPSA) is 35.8 Å².